The van der Waals surface area contributed by atoms with Crippen LogP contribution in [0.25, 0.3) is 0 Å². The summed E-state index contributed by atoms with van der Waals surface area (Å²) in [5, 5.41) is 0. The maximum absolute atomic E-state index is 3.71. The van der Waals surface area contributed by atoms with Crippen LogP contribution in [0.2, 0.25) is 3.12 Å². The van der Waals surface area contributed by atoms with E-state index in [-0.39, 0.29) is 24.8 Å². The van der Waals surface area contributed by atoms with Gasteiger partial charge < -0.3 is 24.8 Å². The average Bonchev–Trinajstić information content (AvgIpc) is 2.33. The minimum absolute atomic E-state index is 0. The standard InChI is InChI=1S/C9H11.2ClH.Zr/c1-2-3-6-9-7-4-5-8-9;;;/h2,4-5,7-8H,1,3,6H2;2*1H;/q;;;+2/p-2. The average molecular weight is 281 g/mol. The Labute approximate surface area is 102 Å². The summed E-state index contributed by atoms with van der Waals surface area (Å²) in [6, 6.07) is 0. The van der Waals surface area contributed by atoms with Gasteiger partial charge in [0.2, 0.25) is 0 Å². The number of hydrogen-bond acceptors (Lipinski definition) is 0. The second kappa shape index (κ2) is 7.12. The molecule has 0 unspecified atom stereocenters. The van der Waals surface area contributed by atoms with Gasteiger partial charge in [0.25, 0.3) is 0 Å². The van der Waals surface area contributed by atoms with Crippen molar-refractivity contribution >= 4 is 0 Å². The Hall–Kier alpha value is 0.683. The zero-order valence-electron chi connectivity index (χ0n) is 6.76. The Kier molecular flexibility index (Phi) is 9.00. The van der Waals surface area contributed by atoms with E-state index in [9.17, 15) is 0 Å². The molecule has 0 spiro atoms. The quantitative estimate of drug-likeness (QED) is 0.478. The van der Waals surface area contributed by atoms with E-state index < -0.39 is 0 Å². The second-order valence-corrected chi connectivity index (χ2v) is 4.87. The number of hydrogen-bond donors (Lipinski definition) is 0. The molecule has 0 aromatic carbocycles. The summed E-state index contributed by atoms with van der Waals surface area (Å²) in [6.07, 6.45) is 13.2. The van der Waals surface area contributed by atoms with Gasteiger partial charge in [0, 0.05) is 0 Å². The van der Waals surface area contributed by atoms with E-state index in [1.807, 2.05) is 6.08 Å². The van der Waals surface area contributed by atoms with Crippen LogP contribution >= 0.6 is 0 Å². The topological polar surface area (TPSA) is 0 Å². The van der Waals surface area contributed by atoms with Crippen LogP contribution in [0.15, 0.2) is 37.0 Å². The maximum Gasteiger partial charge on any atom is -1.00 e. The molecule has 0 heterocycles. The van der Waals surface area contributed by atoms with E-state index in [0.29, 0.717) is 3.12 Å². The molecular weight excluding hydrogens is 270 g/mol. The van der Waals surface area contributed by atoms with Crippen LogP contribution in [0.1, 0.15) is 12.8 Å². The Bertz CT molecular complexity index is 173. The monoisotopic (exact) mass is 279 g/mol. The number of halogens is 2. The van der Waals surface area contributed by atoms with Crippen molar-refractivity contribution in [1.82, 2.24) is 0 Å². The van der Waals surface area contributed by atoms with E-state index in [1.54, 1.807) is 24.7 Å². The normalized spacial score (nSPS) is 16.5. The van der Waals surface area contributed by atoms with Crippen molar-refractivity contribution in [1.29, 1.82) is 0 Å². The van der Waals surface area contributed by atoms with Gasteiger partial charge in [-0.3, -0.25) is 0 Å². The predicted molar refractivity (Wildman–Crippen MR) is 40.4 cm³/mol. The molecule has 0 aromatic heterocycles. The van der Waals surface area contributed by atoms with Crippen LogP contribution in [-0.2, 0) is 24.7 Å². The largest absolute Gasteiger partial charge is 1.00 e. The Morgan fingerprint density at radius 3 is 2.17 bits per heavy atom. The maximum atomic E-state index is 3.71. The first kappa shape index (κ1) is 15.2. The van der Waals surface area contributed by atoms with E-state index in [4.69, 9.17) is 0 Å². The molecule has 0 radical (unpaired) electrons. The third-order valence-electron chi connectivity index (χ3n) is 1.66. The van der Waals surface area contributed by atoms with Gasteiger partial charge in [-0.2, -0.15) is 0 Å². The molecule has 3 heteroatoms. The number of allylic oxidation sites excluding steroid dienone is 5. The molecule has 1 aliphatic carbocycles. The molecule has 65 valence electrons. The summed E-state index contributed by atoms with van der Waals surface area (Å²) in [5.74, 6) is 0. The van der Waals surface area contributed by atoms with Crippen molar-refractivity contribution in [2.75, 3.05) is 0 Å². The van der Waals surface area contributed by atoms with Gasteiger partial charge in [0.05, 0.1) is 0 Å². The van der Waals surface area contributed by atoms with Crippen molar-refractivity contribution < 1.29 is 49.5 Å². The fourth-order valence-corrected chi connectivity index (χ4v) is 1.85. The second-order valence-electron chi connectivity index (χ2n) is 2.59. The van der Waals surface area contributed by atoms with E-state index in [1.165, 1.54) is 6.42 Å². The molecule has 0 saturated carbocycles. The first-order valence-corrected chi connectivity index (χ1v) is 4.73. The van der Waals surface area contributed by atoms with Gasteiger partial charge in [-0.25, -0.2) is 0 Å². The molecule has 1 rings (SSSR count). The Morgan fingerprint density at radius 2 is 1.75 bits per heavy atom. The molecule has 0 saturated heterocycles. The molecule has 12 heavy (non-hydrogen) atoms. The van der Waals surface area contributed by atoms with Gasteiger partial charge in [-0.15, -0.1) is 0 Å². The van der Waals surface area contributed by atoms with Gasteiger partial charge in [-0.1, -0.05) is 0 Å². The molecule has 0 amide bonds. The van der Waals surface area contributed by atoms with E-state index in [2.05, 4.69) is 30.9 Å². The van der Waals surface area contributed by atoms with Crippen LogP contribution in [-0.4, -0.2) is 0 Å². The van der Waals surface area contributed by atoms with Crippen molar-refractivity contribution in [3.8, 4) is 0 Å². The zero-order valence-corrected chi connectivity index (χ0v) is 10.7. The van der Waals surface area contributed by atoms with E-state index >= 15 is 0 Å². The summed E-state index contributed by atoms with van der Waals surface area (Å²) in [4.78, 5) is 0. The molecule has 0 aliphatic heterocycles. The predicted octanol–water partition coefficient (Wildman–Crippen LogP) is -3.21. The minimum Gasteiger partial charge on any atom is -1.00 e. The van der Waals surface area contributed by atoms with Gasteiger partial charge in [0.15, 0.2) is 0 Å². The fourth-order valence-electron chi connectivity index (χ4n) is 1.02. The van der Waals surface area contributed by atoms with Crippen LogP contribution in [0.5, 0.6) is 0 Å². The molecule has 0 aromatic rings. The van der Waals surface area contributed by atoms with E-state index in [0.717, 1.165) is 6.42 Å². The van der Waals surface area contributed by atoms with Gasteiger partial charge >= 0.3 is 77.6 Å². The Balaban J connectivity index is 0. The SMILES string of the molecule is C=CCC[C]1([Zr+2])C=CC=C1.[Cl-].[Cl-]. The van der Waals surface area contributed by atoms with Crippen molar-refractivity contribution in [3.63, 3.8) is 0 Å². The smallest absolute Gasteiger partial charge is 1.00 e. The molecule has 0 atom stereocenters. The third-order valence-corrected chi connectivity index (χ3v) is 3.09. The Morgan fingerprint density at radius 1 is 1.25 bits per heavy atom. The summed E-state index contributed by atoms with van der Waals surface area (Å²) < 4.78 is 0.404. The summed E-state index contributed by atoms with van der Waals surface area (Å²) >= 11 is 1.58. The molecule has 0 nitrogen and oxygen atoms in total. The first-order valence-electron chi connectivity index (χ1n) is 3.50. The van der Waals surface area contributed by atoms with Crippen LogP contribution in [0.4, 0.5) is 0 Å². The number of rotatable bonds is 3. The fraction of sp³-hybridized carbons (Fsp3) is 0.333. The third kappa shape index (κ3) is 4.65. The van der Waals surface area contributed by atoms with Crippen LogP contribution < -0.4 is 24.8 Å². The van der Waals surface area contributed by atoms with Crippen LogP contribution in [0.3, 0.4) is 0 Å². The van der Waals surface area contributed by atoms with Crippen LogP contribution in [0, 0.1) is 0 Å². The van der Waals surface area contributed by atoms with Crippen molar-refractivity contribution in [2.24, 2.45) is 0 Å². The molecule has 0 fully saturated rings. The molecule has 0 N–H and O–H groups in total. The molecular formula is C9H11Cl2Zr. The van der Waals surface area contributed by atoms with Crippen molar-refractivity contribution in [2.45, 2.75) is 16.0 Å². The van der Waals surface area contributed by atoms with Crippen molar-refractivity contribution in [3.05, 3.63) is 37.0 Å². The summed E-state index contributed by atoms with van der Waals surface area (Å²) in [5.41, 5.74) is 0. The van der Waals surface area contributed by atoms with Gasteiger partial charge in [0.1, 0.15) is 0 Å². The summed E-state index contributed by atoms with van der Waals surface area (Å²) in [6.45, 7) is 3.71. The molecule has 1 aliphatic rings. The van der Waals surface area contributed by atoms with Gasteiger partial charge in [-0.05, 0) is 0 Å². The first-order chi connectivity index (χ1) is 4.77. The summed E-state index contributed by atoms with van der Waals surface area (Å²) in [7, 11) is 0. The molecule has 0 bridgehead atoms. The zero-order chi connectivity index (χ0) is 7.45. The minimum atomic E-state index is 0.